The van der Waals surface area contributed by atoms with Crippen LogP contribution in [-0.4, -0.2) is 57.4 Å². The average molecular weight is 465 g/mol. The lowest BCUT2D eigenvalue weighted by Crippen LogP contribution is -2.28. The van der Waals surface area contributed by atoms with Crippen molar-refractivity contribution < 1.29 is 9.59 Å². The summed E-state index contributed by atoms with van der Waals surface area (Å²) < 4.78 is 1.76. The summed E-state index contributed by atoms with van der Waals surface area (Å²) in [5, 5.41) is 11.3. The van der Waals surface area contributed by atoms with E-state index in [1.165, 1.54) is 30.3 Å². The highest BCUT2D eigenvalue weighted by molar-refractivity contribution is 7.99. The van der Waals surface area contributed by atoms with E-state index in [0.29, 0.717) is 23.0 Å². The first kappa shape index (κ1) is 22.8. The van der Waals surface area contributed by atoms with Gasteiger partial charge in [0.05, 0.1) is 5.75 Å². The summed E-state index contributed by atoms with van der Waals surface area (Å²) >= 11 is 1.32. The molecule has 1 aliphatic rings. The van der Waals surface area contributed by atoms with Gasteiger partial charge in [0.15, 0.2) is 5.16 Å². The summed E-state index contributed by atoms with van der Waals surface area (Å²) in [6.45, 7) is 2.68. The van der Waals surface area contributed by atoms with E-state index in [0.717, 1.165) is 18.7 Å². The molecule has 8 nitrogen and oxygen atoms in total. The number of rotatable bonds is 8. The van der Waals surface area contributed by atoms with Crippen molar-refractivity contribution in [3.05, 3.63) is 66.0 Å². The molecule has 1 N–H and O–H groups in total. The minimum absolute atomic E-state index is 0.0538. The molecule has 0 bridgehead atoms. The van der Waals surface area contributed by atoms with Gasteiger partial charge in [-0.25, -0.2) is 0 Å². The third-order valence-electron chi connectivity index (χ3n) is 5.61. The second kappa shape index (κ2) is 10.5. The first-order valence-electron chi connectivity index (χ1n) is 11.0. The molecular weight excluding hydrogens is 436 g/mol. The molecule has 2 aromatic carbocycles. The van der Waals surface area contributed by atoms with Crippen molar-refractivity contribution in [2.75, 3.05) is 36.1 Å². The molecule has 1 aromatic heterocycles. The minimum Gasteiger partial charge on any atom is -0.371 e. The van der Waals surface area contributed by atoms with Crippen molar-refractivity contribution in [1.82, 2.24) is 19.7 Å². The van der Waals surface area contributed by atoms with E-state index in [2.05, 4.69) is 38.6 Å². The van der Waals surface area contributed by atoms with E-state index in [4.69, 9.17) is 0 Å². The van der Waals surface area contributed by atoms with Gasteiger partial charge in [-0.15, -0.1) is 10.2 Å². The van der Waals surface area contributed by atoms with Crippen LogP contribution in [0.25, 0.3) is 0 Å². The fourth-order valence-corrected chi connectivity index (χ4v) is 4.57. The predicted octanol–water partition coefficient (Wildman–Crippen LogP) is 3.42. The fourth-order valence-electron chi connectivity index (χ4n) is 3.89. The Hall–Kier alpha value is -3.33. The Morgan fingerprint density at radius 1 is 1.09 bits per heavy atom. The van der Waals surface area contributed by atoms with Crippen LogP contribution in [0.4, 0.5) is 11.4 Å². The number of nitrogens with one attached hydrogen (secondary N) is 1. The number of aromatic nitrogens is 3. The molecule has 0 saturated carbocycles. The molecule has 1 aliphatic heterocycles. The summed E-state index contributed by atoms with van der Waals surface area (Å²) in [6, 6.07) is 15.3. The van der Waals surface area contributed by atoms with Crippen molar-refractivity contribution >= 4 is 35.0 Å². The number of hydrogen-bond donors (Lipinski definition) is 1. The number of carbonyl (C=O) groups excluding carboxylic acids is 2. The Balaban J connectivity index is 1.33. The topological polar surface area (TPSA) is 83.4 Å². The zero-order valence-electron chi connectivity index (χ0n) is 18.9. The summed E-state index contributed by atoms with van der Waals surface area (Å²) in [5.41, 5.74) is 3.60. The largest absolute Gasteiger partial charge is 0.371 e. The molecule has 1 fully saturated rings. The molecule has 4 rings (SSSR count). The lowest BCUT2D eigenvalue weighted by molar-refractivity contribution is -0.113. The maximum absolute atomic E-state index is 13.0. The zero-order valence-corrected chi connectivity index (χ0v) is 19.7. The Labute approximate surface area is 198 Å². The molecule has 0 aliphatic carbocycles. The number of thioether (sulfide) groups is 1. The standard InChI is InChI=1S/C24H28N6O2S/c1-28(15-19-7-3-4-8-21(19)30-13-5-6-14-30)23(32)18-9-11-20(12-10-18)26-22(31)16-33-24-27-25-17-29(24)2/h3-4,7-12,17H,5-6,13-16H2,1-2H3,(H,26,31). The average Bonchev–Trinajstić information content (AvgIpc) is 3.50. The number of para-hydroxylation sites is 1. The lowest BCUT2D eigenvalue weighted by atomic mass is 10.1. The van der Waals surface area contributed by atoms with Crippen LogP contribution in [-0.2, 0) is 18.4 Å². The summed E-state index contributed by atoms with van der Waals surface area (Å²) in [6.07, 6.45) is 4.02. The van der Waals surface area contributed by atoms with Gasteiger partial charge in [-0.1, -0.05) is 30.0 Å². The normalized spacial score (nSPS) is 13.2. The smallest absolute Gasteiger partial charge is 0.253 e. The predicted molar refractivity (Wildman–Crippen MR) is 130 cm³/mol. The van der Waals surface area contributed by atoms with Gasteiger partial charge in [0.1, 0.15) is 6.33 Å². The van der Waals surface area contributed by atoms with E-state index >= 15 is 0 Å². The molecule has 0 radical (unpaired) electrons. The van der Waals surface area contributed by atoms with Crippen LogP contribution in [0.3, 0.4) is 0 Å². The van der Waals surface area contributed by atoms with E-state index in [9.17, 15) is 9.59 Å². The SMILES string of the molecule is CN(Cc1ccccc1N1CCCC1)C(=O)c1ccc(NC(=O)CSc2nncn2C)cc1. The maximum Gasteiger partial charge on any atom is 0.253 e. The molecule has 9 heteroatoms. The summed E-state index contributed by atoms with van der Waals surface area (Å²) in [5.74, 6) is 0.0338. The minimum atomic E-state index is -0.141. The van der Waals surface area contributed by atoms with E-state index in [1.807, 2.05) is 20.2 Å². The second-order valence-corrected chi connectivity index (χ2v) is 9.07. The molecule has 0 atom stereocenters. The molecule has 3 aromatic rings. The second-order valence-electron chi connectivity index (χ2n) is 8.12. The van der Waals surface area contributed by atoms with E-state index < -0.39 is 0 Å². The van der Waals surface area contributed by atoms with Crippen LogP contribution < -0.4 is 10.2 Å². The van der Waals surface area contributed by atoms with Crippen LogP contribution in [0, 0.1) is 0 Å². The zero-order chi connectivity index (χ0) is 23.2. The van der Waals surface area contributed by atoms with Gasteiger partial charge in [0.25, 0.3) is 5.91 Å². The number of carbonyl (C=O) groups is 2. The molecule has 0 unspecified atom stereocenters. The fraction of sp³-hybridized carbons (Fsp3) is 0.333. The maximum atomic E-state index is 13.0. The number of hydrogen-bond acceptors (Lipinski definition) is 6. The van der Waals surface area contributed by atoms with Gasteiger partial charge in [0, 0.05) is 50.7 Å². The summed E-state index contributed by atoms with van der Waals surface area (Å²) in [4.78, 5) is 29.3. The van der Waals surface area contributed by atoms with Crippen LogP contribution in [0.15, 0.2) is 60.0 Å². The number of amides is 2. The van der Waals surface area contributed by atoms with Crippen molar-refractivity contribution in [3.63, 3.8) is 0 Å². The van der Waals surface area contributed by atoms with Gasteiger partial charge >= 0.3 is 0 Å². The van der Waals surface area contributed by atoms with Gasteiger partial charge in [-0.2, -0.15) is 0 Å². The molecule has 2 amide bonds. The van der Waals surface area contributed by atoms with Crippen molar-refractivity contribution in [2.45, 2.75) is 24.5 Å². The van der Waals surface area contributed by atoms with Crippen molar-refractivity contribution in [1.29, 1.82) is 0 Å². The van der Waals surface area contributed by atoms with E-state index in [1.54, 1.807) is 40.1 Å². The Morgan fingerprint density at radius 2 is 1.82 bits per heavy atom. The molecule has 172 valence electrons. The third kappa shape index (κ3) is 5.73. The van der Waals surface area contributed by atoms with Crippen LogP contribution in [0.5, 0.6) is 0 Å². The first-order chi connectivity index (χ1) is 16.0. The van der Waals surface area contributed by atoms with Crippen LogP contribution in [0.2, 0.25) is 0 Å². The Morgan fingerprint density at radius 3 is 2.52 bits per heavy atom. The highest BCUT2D eigenvalue weighted by Gasteiger charge is 2.18. The third-order valence-corrected chi connectivity index (χ3v) is 6.64. The first-order valence-corrected chi connectivity index (χ1v) is 11.9. The molecule has 33 heavy (non-hydrogen) atoms. The number of anilines is 2. The van der Waals surface area contributed by atoms with E-state index in [-0.39, 0.29) is 17.6 Å². The molecule has 0 spiro atoms. The van der Waals surface area contributed by atoms with Crippen molar-refractivity contribution in [3.8, 4) is 0 Å². The monoisotopic (exact) mass is 464 g/mol. The molecular formula is C24H28N6O2S. The highest BCUT2D eigenvalue weighted by Crippen LogP contribution is 2.26. The van der Waals surface area contributed by atoms with Crippen molar-refractivity contribution in [2.24, 2.45) is 7.05 Å². The molecule has 1 saturated heterocycles. The van der Waals surface area contributed by atoms with Gasteiger partial charge in [-0.3, -0.25) is 9.59 Å². The van der Waals surface area contributed by atoms with Crippen LogP contribution >= 0.6 is 11.8 Å². The van der Waals surface area contributed by atoms with Crippen LogP contribution in [0.1, 0.15) is 28.8 Å². The number of aryl methyl sites for hydroxylation is 1. The highest BCUT2D eigenvalue weighted by atomic mass is 32.2. The molecule has 2 heterocycles. The van der Waals surface area contributed by atoms with Gasteiger partial charge in [0.2, 0.25) is 5.91 Å². The summed E-state index contributed by atoms with van der Waals surface area (Å²) in [7, 11) is 3.65. The quantitative estimate of drug-likeness (QED) is 0.515. The Bertz CT molecular complexity index is 1110. The number of nitrogens with zero attached hydrogens (tertiary/aromatic N) is 5. The Kier molecular flexibility index (Phi) is 7.29. The number of benzene rings is 2. The van der Waals surface area contributed by atoms with Gasteiger partial charge in [-0.05, 0) is 48.7 Å². The lowest BCUT2D eigenvalue weighted by Gasteiger charge is -2.24. The van der Waals surface area contributed by atoms with Gasteiger partial charge < -0.3 is 19.7 Å².